The van der Waals surface area contributed by atoms with E-state index in [1.807, 2.05) is 0 Å². The number of aliphatic hydroxyl groups is 5. The third-order valence-corrected chi connectivity index (χ3v) is 5.82. The molecule has 180 valence electrons. The predicted molar refractivity (Wildman–Crippen MR) is 110 cm³/mol. The van der Waals surface area contributed by atoms with Crippen LogP contribution < -0.4 is 9.47 Å². The van der Waals surface area contributed by atoms with Gasteiger partial charge in [-0.15, -0.1) is 0 Å². The molecule has 11 nitrogen and oxygen atoms in total. The van der Waals surface area contributed by atoms with E-state index in [4.69, 9.17) is 24.1 Å². The molecule has 0 spiro atoms. The van der Waals surface area contributed by atoms with Gasteiger partial charge in [0.05, 0.1) is 19.3 Å². The van der Waals surface area contributed by atoms with Crippen LogP contribution in [0.1, 0.15) is 23.3 Å². The molecular formula is C22H26O11. The van der Waals surface area contributed by atoms with Gasteiger partial charge < -0.3 is 54.7 Å². The van der Waals surface area contributed by atoms with Crippen molar-refractivity contribution in [3.05, 3.63) is 47.5 Å². The number of fused-ring (bicyclic) bond motifs is 1. The minimum Gasteiger partial charge on any atom is -0.508 e. The summed E-state index contributed by atoms with van der Waals surface area (Å²) in [4.78, 5) is 0. The van der Waals surface area contributed by atoms with Gasteiger partial charge in [0, 0.05) is 12.1 Å². The number of methoxy groups -OCH3 is 1. The molecule has 11 heteroatoms. The smallest absolute Gasteiger partial charge is 0.187 e. The Morgan fingerprint density at radius 1 is 1.03 bits per heavy atom. The topological polar surface area (TPSA) is 179 Å². The van der Waals surface area contributed by atoms with Crippen molar-refractivity contribution in [2.75, 3.05) is 13.7 Å². The van der Waals surface area contributed by atoms with Crippen LogP contribution in [0, 0.1) is 0 Å². The third-order valence-electron chi connectivity index (χ3n) is 5.82. The molecule has 8 atom stereocenters. The van der Waals surface area contributed by atoms with E-state index in [0.29, 0.717) is 11.3 Å². The van der Waals surface area contributed by atoms with Crippen molar-refractivity contribution in [3.8, 4) is 23.0 Å². The standard InChI is InChI=1S/C22H26O11/c1-30-11-6-12(25)15-14(7-11)31-19(9-2-4-10(24)5-3-9)21(16(15)27)33-22-18(29)17(28)20(32-22)13(26)8-23/h2-7,13,16-29H,8H2,1H3/t13-,16+,17-,18-,19-,20+,21+,22+/m1/s1. The average molecular weight is 466 g/mol. The molecule has 0 bridgehead atoms. The highest BCUT2D eigenvalue weighted by Crippen LogP contribution is 2.49. The molecule has 0 amide bonds. The van der Waals surface area contributed by atoms with Crippen molar-refractivity contribution in [3.63, 3.8) is 0 Å². The van der Waals surface area contributed by atoms with Crippen molar-refractivity contribution >= 4 is 0 Å². The Morgan fingerprint density at radius 3 is 2.36 bits per heavy atom. The fourth-order valence-corrected chi connectivity index (χ4v) is 4.06. The molecule has 1 fully saturated rings. The summed E-state index contributed by atoms with van der Waals surface area (Å²) in [6.45, 7) is -0.713. The summed E-state index contributed by atoms with van der Waals surface area (Å²) >= 11 is 0. The molecule has 2 heterocycles. The highest BCUT2D eigenvalue weighted by molar-refractivity contribution is 5.53. The molecule has 0 unspecified atom stereocenters. The first-order valence-corrected chi connectivity index (χ1v) is 10.3. The lowest BCUT2D eigenvalue weighted by Crippen LogP contribution is -2.43. The van der Waals surface area contributed by atoms with Gasteiger partial charge in [-0.2, -0.15) is 0 Å². The van der Waals surface area contributed by atoms with E-state index < -0.39 is 55.6 Å². The zero-order valence-electron chi connectivity index (χ0n) is 17.6. The van der Waals surface area contributed by atoms with Crippen molar-refractivity contribution in [2.24, 2.45) is 0 Å². The summed E-state index contributed by atoms with van der Waals surface area (Å²) in [5.74, 6) is 0.126. The molecule has 2 aromatic rings. The van der Waals surface area contributed by atoms with Gasteiger partial charge in [0.15, 0.2) is 12.4 Å². The van der Waals surface area contributed by atoms with Crippen LogP contribution in [0.5, 0.6) is 23.0 Å². The van der Waals surface area contributed by atoms with Crippen LogP contribution in [0.2, 0.25) is 0 Å². The van der Waals surface area contributed by atoms with Gasteiger partial charge in [0.2, 0.25) is 0 Å². The molecular weight excluding hydrogens is 440 g/mol. The first kappa shape index (κ1) is 23.5. The summed E-state index contributed by atoms with van der Waals surface area (Å²) < 4.78 is 22.4. The fourth-order valence-electron chi connectivity index (χ4n) is 4.06. The van der Waals surface area contributed by atoms with Crippen LogP contribution in [0.15, 0.2) is 36.4 Å². The quantitative estimate of drug-likeness (QED) is 0.291. The third kappa shape index (κ3) is 4.32. The number of ether oxygens (including phenoxy) is 4. The van der Waals surface area contributed by atoms with Gasteiger partial charge >= 0.3 is 0 Å². The maximum Gasteiger partial charge on any atom is 0.187 e. The van der Waals surface area contributed by atoms with Crippen LogP contribution in [-0.4, -0.2) is 86.3 Å². The lowest BCUT2D eigenvalue weighted by molar-refractivity contribution is -0.239. The molecule has 0 radical (unpaired) electrons. The van der Waals surface area contributed by atoms with Gasteiger partial charge in [-0.05, 0) is 17.7 Å². The second-order valence-corrected chi connectivity index (χ2v) is 7.93. The van der Waals surface area contributed by atoms with E-state index in [1.165, 1.54) is 31.4 Å². The van der Waals surface area contributed by atoms with Gasteiger partial charge in [0.25, 0.3) is 0 Å². The average Bonchev–Trinajstić information content (AvgIpc) is 3.08. The number of rotatable bonds is 6. The Balaban J connectivity index is 1.70. The number of aliphatic hydroxyl groups excluding tert-OH is 5. The zero-order valence-corrected chi connectivity index (χ0v) is 17.6. The number of hydrogen-bond donors (Lipinski definition) is 7. The number of phenolic OH excluding ortho intramolecular Hbond substituents is 2. The molecule has 2 aliphatic rings. The molecule has 4 rings (SSSR count). The molecule has 0 aliphatic carbocycles. The zero-order chi connectivity index (χ0) is 23.9. The van der Waals surface area contributed by atoms with E-state index >= 15 is 0 Å². The summed E-state index contributed by atoms with van der Waals surface area (Å²) in [6, 6.07) is 8.71. The summed E-state index contributed by atoms with van der Waals surface area (Å²) in [5.41, 5.74) is 0.514. The molecule has 33 heavy (non-hydrogen) atoms. The number of hydrogen-bond acceptors (Lipinski definition) is 11. The van der Waals surface area contributed by atoms with E-state index in [2.05, 4.69) is 0 Å². The Hall–Kier alpha value is -2.64. The first-order valence-electron chi connectivity index (χ1n) is 10.3. The van der Waals surface area contributed by atoms with E-state index in [1.54, 1.807) is 12.1 Å². The monoisotopic (exact) mass is 466 g/mol. The minimum atomic E-state index is -1.60. The minimum absolute atomic E-state index is 0.00536. The second-order valence-electron chi connectivity index (χ2n) is 7.93. The van der Waals surface area contributed by atoms with Crippen molar-refractivity contribution in [1.82, 2.24) is 0 Å². The summed E-state index contributed by atoms with van der Waals surface area (Å²) in [7, 11) is 1.41. The fraction of sp³-hybridized carbons (Fsp3) is 0.455. The lowest BCUT2D eigenvalue weighted by Gasteiger charge is -2.39. The molecule has 2 aromatic carbocycles. The van der Waals surface area contributed by atoms with Crippen LogP contribution in [0.3, 0.4) is 0 Å². The maximum absolute atomic E-state index is 11.1. The van der Waals surface area contributed by atoms with Crippen LogP contribution in [-0.2, 0) is 9.47 Å². The van der Waals surface area contributed by atoms with Gasteiger partial charge in [0.1, 0.15) is 59.6 Å². The Morgan fingerprint density at radius 2 is 1.73 bits per heavy atom. The number of benzene rings is 2. The van der Waals surface area contributed by atoms with Crippen LogP contribution in [0.4, 0.5) is 0 Å². The molecule has 7 N–H and O–H groups in total. The predicted octanol–water partition coefficient (Wildman–Crippen LogP) is -0.541. The number of phenols is 2. The summed E-state index contributed by atoms with van der Waals surface area (Å²) in [6.07, 6.45) is -11.2. The Kier molecular flexibility index (Phi) is 6.64. The molecule has 0 aromatic heterocycles. The van der Waals surface area contributed by atoms with Gasteiger partial charge in [-0.25, -0.2) is 0 Å². The van der Waals surface area contributed by atoms with Crippen LogP contribution >= 0.6 is 0 Å². The Labute approximate surface area is 188 Å². The van der Waals surface area contributed by atoms with Crippen molar-refractivity contribution in [2.45, 2.75) is 49.0 Å². The normalized spacial score (nSPS) is 32.1. The molecule has 0 saturated carbocycles. The largest absolute Gasteiger partial charge is 0.508 e. The first-order chi connectivity index (χ1) is 15.7. The van der Waals surface area contributed by atoms with Gasteiger partial charge in [-0.3, -0.25) is 0 Å². The number of aromatic hydroxyl groups is 2. The van der Waals surface area contributed by atoms with E-state index in [0.717, 1.165) is 0 Å². The second kappa shape index (κ2) is 9.31. The van der Waals surface area contributed by atoms with E-state index in [-0.39, 0.29) is 22.8 Å². The van der Waals surface area contributed by atoms with E-state index in [9.17, 15) is 30.6 Å². The SMILES string of the molecule is COc1cc(O)c2c(c1)O[C@H](c1ccc(O)cc1)[C@@H](O[C@@H]1O[C@@H]([C@H](O)CO)[C@H](O)[C@H]1O)[C@H]2O. The van der Waals surface area contributed by atoms with Crippen molar-refractivity contribution in [1.29, 1.82) is 0 Å². The Bertz CT molecular complexity index is 966. The van der Waals surface area contributed by atoms with Gasteiger partial charge in [-0.1, -0.05) is 12.1 Å². The van der Waals surface area contributed by atoms with Crippen LogP contribution in [0.25, 0.3) is 0 Å². The molecule has 1 saturated heterocycles. The maximum atomic E-state index is 11.1. The highest BCUT2D eigenvalue weighted by atomic mass is 16.7. The summed E-state index contributed by atoms with van der Waals surface area (Å²) in [5, 5.41) is 70.8. The highest BCUT2D eigenvalue weighted by Gasteiger charge is 2.50. The lowest BCUT2D eigenvalue weighted by atomic mass is 9.91. The van der Waals surface area contributed by atoms with Crippen molar-refractivity contribution < 1.29 is 54.7 Å². The molecule has 2 aliphatic heterocycles.